The van der Waals surface area contributed by atoms with Gasteiger partial charge in [-0.15, -0.1) is 0 Å². The maximum Gasteiger partial charge on any atom is 0.312 e. The lowest BCUT2D eigenvalue weighted by molar-refractivity contribution is -0.386. The van der Waals surface area contributed by atoms with Crippen molar-refractivity contribution in [2.45, 2.75) is 23.8 Å². The summed E-state index contributed by atoms with van der Waals surface area (Å²) in [6, 6.07) is 8.45. The average molecular weight is 422 g/mol. The van der Waals surface area contributed by atoms with Crippen LogP contribution in [0.2, 0.25) is 0 Å². The van der Waals surface area contributed by atoms with E-state index in [1.807, 2.05) is 0 Å². The Kier molecular flexibility index (Phi) is 5.94. The summed E-state index contributed by atoms with van der Waals surface area (Å²) in [5.41, 5.74) is 0.323. The number of rotatable bonds is 7. The third kappa shape index (κ3) is 3.85. The van der Waals surface area contributed by atoms with E-state index < -0.39 is 26.7 Å². The molecule has 10 heteroatoms. The van der Waals surface area contributed by atoms with E-state index in [1.165, 1.54) is 37.8 Å². The Bertz CT molecular complexity index is 1020. The van der Waals surface area contributed by atoms with E-state index in [9.17, 15) is 18.5 Å². The van der Waals surface area contributed by atoms with E-state index in [1.54, 1.807) is 18.2 Å². The first-order valence-electron chi connectivity index (χ1n) is 8.89. The van der Waals surface area contributed by atoms with Crippen LogP contribution in [0.25, 0.3) is 0 Å². The van der Waals surface area contributed by atoms with Crippen LogP contribution in [0, 0.1) is 10.1 Å². The van der Waals surface area contributed by atoms with Gasteiger partial charge in [-0.25, -0.2) is 8.42 Å². The van der Waals surface area contributed by atoms with Crippen LogP contribution in [0.4, 0.5) is 5.69 Å². The molecular weight excluding hydrogens is 400 g/mol. The molecule has 1 aliphatic rings. The van der Waals surface area contributed by atoms with Crippen molar-refractivity contribution in [2.75, 3.05) is 27.9 Å². The summed E-state index contributed by atoms with van der Waals surface area (Å²) in [5, 5.41) is 11.3. The Morgan fingerprint density at radius 2 is 1.76 bits per heavy atom. The molecule has 0 bridgehead atoms. The highest BCUT2D eigenvalue weighted by Crippen LogP contribution is 2.42. The molecule has 0 aliphatic carbocycles. The van der Waals surface area contributed by atoms with Gasteiger partial charge in [-0.1, -0.05) is 6.07 Å². The van der Waals surface area contributed by atoms with Gasteiger partial charge in [-0.05, 0) is 31.0 Å². The summed E-state index contributed by atoms with van der Waals surface area (Å²) in [4.78, 5) is 10.5. The topological polar surface area (TPSA) is 108 Å². The molecule has 1 unspecified atom stereocenters. The van der Waals surface area contributed by atoms with Gasteiger partial charge in [-0.2, -0.15) is 4.31 Å². The van der Waals surface area contributed by atoms with Gasteiger partial charge in [0, 0.05) is 24.2 Å². The number of nitro groups is 1. The number of hydrogen-bond donors (Lipinski definition) is 0. The fourth-order valence-electron chi connectivity index (χ4n) is 3.54. The fraction of sp³-hybridized carbons (Fsp3) is 0.368. The SMILES string of the molecule is COc1ccc(C2CCCN2S(=O)(=O)c2ccc(OC)c([N+](=O)[O-])c2)c(OC)c1. The molecule has 156 valence electrons. The van der Waals surface area contributed by atoms with E-state index in [2.05, 4.69) is 0 Å². The smallest absolute Gasteiger partial charge is 0.312 e. The molecule has 1 aliphatic heterocycles. The van der Waals surface area contributed by atoms with E-state index in [0.717, 1.165) is 11.6 Å². The van der Waals surface area contributed by atoms with Crippen LogP contribution in [0.15, 0.2) is 41.3 Å². The first-order valence-corrected chi connectivity index (χ1v) is 10.3. The van der Waals surface area contributed by atoms with Gasteiger partial charge in [0.05, 0.1) is 37.2 Å². The minimum absolute atomic E-state index is 0.00347. The fourth-order valence-corrected chi connectivity index (χ4v) is 5.24. The number of hydrogen-bond acceptors (Lipinski definition) is 7. The first kappa shape index (κ1) is 20.9. The highest BCUT2D eigenvalue weighted by molar-refractivity contribution is 7.89. The van der Waals surface area contributed by atoms with Crippen LogP contribution >= 0.6 is 0 Å². The molecule has 9 nitrogen and oxygen atoms in total. The number of nitrogens with zero attached hydrogens (tertiary/aromatic N) is 2. The number of nitro benzene ring substituents is 1. The Hall–Kier alpha value is -2.85. The standard InChI is InChI=1S/C19H22N2O7S/c1-26-13-6-8-15(19(11-13)28-3)16-5-4-10-20(16)29(24,25)14-7-9-18(27-2)17(12-14)21(22)23/h6-9,11-12,16H,4-5,10H2,1-3H3. The minimum atomic E-state index is -3.97. The zero-order valence-corrected chi connectivity index (χ0v) is 17.1. The molecule has 0 N–H and O–H groups in total. The number of ether oxygens (including phenoxy) is 3. The normalized spacial score (nSPS) is 17.1. The van der Waals surface area contributed by atoms with Crippen molar-refractivity contribution in [2.24, 2.45) is 0 Å². The monoisotopic (exact) mass is 422 g/mol. The molecule has 0 saturated carbocycles. The summed E-state index contributed by atoms with van der Waals surface area (Å²) in [6.45, 7) is 0.308. The van der Waals surface area contributed by atoms with Crippen molar-refractivity contribution in [1.82, 2.24) is 4.31 Å². The van der Waals surface area contributed by atoms with Crippen molar-refractivity contribution in [1.29, 1.82) is 0 Å². The second-order valence-electron chi connectivity index (χ2n) is 6.47. The Morgan fingerprint density at radius 3 is 2.38 bits per heavy atom. The van der Waals surface area contributed by atoms with E-state index in [4.69, 9.17) is 14.2 Å². The van der Waals surface area contributed by atoms with Crippen LogP contribution in [-0.2, 0) is 10.0 Å². The van der Waals surface area contributed by atoms with Crippen LogP contribution in [0.5, 0.6) is 17.2 Å². The zero-order chi connectivity index (χ0) is 21.2. The van der Waals surface area contributed by atoms with Gasteiger partial charge >= 0.3 is 5.69 Å². The zero-order valence-electron chi connectivity index (χ0n) is 16.3. The average Bonchev–Trinajstić information content (AvgIpc) is 3.23. The van der Waals surface area contributed by atoms with Crippen LogP contribution < -0.4 is 14.2 Å². The largest absolute Gasteiger partial charge is 0.497 e. The Labute approximate surface area is 169 Å². The first-order chi connectivity index (χ1) is 13.8. The Balaban J connectivity index is 2.03. The highest BCUT2D eigenvalue weighted by Gasteiger charge is 2.38. The molecule has 1 heterocycles. The van der Waals surface area contributed by atoms with Gasteiger partial charge in [0.25, 0.3) is 0 Å². The number of methoxy groups -OCH3 is 3. The van der Waals surface area contributed by atoms with Crippen molar-refractivity contribution in [3.05, 3.63) is 52.1 Å². The lowest BCUT2D eigenvalue weighted by atomic mass is 10.0. The van der Waals surface area contributed by atoms with Crippen molar-refractivity contribution >= 4 is 15.7 Å². The molecular formula is C19H22N2O7S. The molecule has 0 spiro atoms. The third-order valence-electron chi connectivity index (χ3n) is 4.96. The van der Waals surface area contributed by atoms with Crippen molar-refractivity contribution in [3.8, 4) is 17.2 Å². The molecule has 1 saturated heterocycles. The summed E-state index contributed by atoms with van der Waals surface area (Å²) in [6.07, 6.45) is 1.28. The maximum absolute atomic E-state index is 13.3. The summed E-state index contributed by atoms with van der Waals surface area (Å²) >= 11 is 0. The Morgan fingerprint density at radius 1 is 1.03 bits per heavy atom. The summed E-state index contributed by atoms with van der Waals surface area (Å²) < 4.78 is 43.6. The lowest BCUT2D eigenvalue weighted by Crippen LogP contribution is -2.31. The summed E-state index contributed by atoms with van der Waals surface area (Å²) in [5.74, 6) is 1.13. The highest BCUT2D eigenvalue weighted by atomic mass is 32.2. The molecule has 1 fully saturated rings. The van der Waals surface area contributed by atoms with E-state index >= 15 is 0 Å². The molecule has 1 atom stereocenters. The molecule has 0 radical (unpaired) electrons. The molecule has 29 heavy (non-hydrogen) atoms. The van der Waals surface area contributed by atoms with E-state index in [0.29, 0.717) is 30.9 Å². The van der Waals surface area contributed by atoms with Gasteiger partial charge < -0.3 is 14.2 Å². The predicted octanol–water partition coefficient (Wildman–Crippen LogP) is 3.15. The quantitative estimate of drug-likeness (QED) is 0.498. The second kappa shape index (κ2) is 8.26. The van der Waals surface area contributed by atoms with Gasteiger partial charge in [0.1, 0.15) is 11.5 Å². The second-order valence-corrected chi connectivity index (χ2v) is 8.36. The van der Waals surface area contributed by atoms with Crippen molar-refractivity contribution < 1.29 is 27.6 Å². The summed E-state index contributed by atoms with van der Waals surface area (Å²) in [7, 11) is 0.375. The van der Waals surface area contributed by atoms with Gasteiger partial charge in [0.2, 0.25) is 10.0 Å². The van der Waals surface area contributed by atoms with Gasteiger partial charge in [0.15, 0.2) is 5.75 Å². The van der Waals surface area contributed by atoms with Crippen molar-refractivity contribution in [3.63, 3.8) is 0 Å². The van der Waals surface area contributed by atoms with E-state index in [-0.39, 0.29) is 10.6 Å². The molecule has 0 aromatic heterocycles. The van der Waals surface area contributed by atoms with Crippen LogP contribution in [0.3, 0.4) is 0 Å². The molecule has 3 rings (SSSR count). The number of benzene rings is 2. The van der Waals surface area contributed by atoms with Gasteiger partial charge in [-0.3, -0.25) is 10.1 Å². The molecule has 2 aromatic rings. The predicted molar refractivity (Wildman–Crippen MR) is 105 cm³/mol. The molecule has 0 amide bonds. The molecule has 2 aromatic carbocycles. The lowest BCUT2D eigenvalue weighted by Gasteiger charge is -2.26. The minimum Gasteiger partial charge on any atom is -0.497 e. The third-order valence-corrected chi connectivity index (χ3v) is 6.86. The number of sulfonamides is 1. The van der Waals surface area contributed by atoms with Crippen LogP contribution in [-0.4, -0.2) is 45.5 Å². The van der Waals surface area contributed by atoms with Crippen LogP contribution in [0.1, 0.15) is 24.4 Å². The maximum atomic E-state index is 13.3.